The van der Waals surface area contributed by atoms with Gasteiger partial charge in [-0.25, -0.2) is 8.42 Å². The van der Waals surface area contributed by atoms with Crippen molar-refractivity contribution < 1.29 is 18.1 Å². The van der Waals surface area contributed by atoms with E-state index in [2.05, 4.69) is 0 Å². The summed E-state index contributed by atoms with van der Waals surface area (Å²) in [6.07, 6.45) is 1.10. The smallest absolute Gasteiger partial charge is 0.304 e. The number of carbonyl (C=O) groups excluding carboxylic acids is 1. The first kappa shape index (κ1) is 15.6. The average molecular weight is 306 g/mol. The third kappa shape index (κ3) is 4.28. The molecule has 0 spiro atoms. The van der Waals surface area contributed by atoms with Crippen LogP contribution in [0, 0.1) is 10.1 Å². The Morgan fingerprint density at radius 2 is 2.11 bits per heavy atom. The Morgan fingerprint density at radius 3 is 2.53 bits per heavy atom. The number of nitrogens with zero attached hydrogens (tertiary/aromatic N) is 2. The van der Waals surface area contributed by atoms with E-state index in [-0.39, 0.29) is 28.6 Å². The fourth-order valence-corrected chi connectivity index (χ4v) is 2.97. The maximum absolute atomic E-state index is 11.2. The van der Waals surface area contributed by atoms with Crippen LogP contribution in [0.1, 0.15) is 16.6 Å². The minimum Gasteiger partial charge on any atom is -0.360 e. The number of nitro groups is 1. The first-order valence-electron chi connectivity index (χ1n) is 5.30. The van der Waals surface area contributed by atoms with Gasteiger partial charge in [0.1, 0.15) is 9.84 Å². The van der Waals surface area contributed by atoms with Gasteiger partial charge in [0.25, 0.3) is 0 Å². The van der Waals surface area contributed by atoms with Gasteiger partial charge < -0.3 is 4.90 Å². The van der Waals surface area contributed by atoms with Crippen LogP contribution in [0.25, 0.3) is 0 Å². The predicted octanol–water partition coefficient (Wildman–Crippen LogP) is 1.34. The molecule has 7 nitrogen and oxygen atoms in total. The molecule has 0 aliphatic carbocycles. The van der Waals surface area contributed by atoms with Gasteiger partial charge in [-0.2, -0.15) is 0 Å². The lowest BCUT2D eigenvalue weighted by molar-refractivity contribution is -0.383. The first-order chi connectivity index (χ1) is 8.61. The number of hydrogen-bond donors (Lipinski definition) is 0. The number of hydrogen-bond acceptors (Lipinski definition) is 7. The van der Waals surface area contributed by atoms with Gasteiger partial charge in [-0.3, -0.25) is 14.9 Å². The van der Waals surface area contributed by atoms with Gasteiger partial charge >= 0.3 is 5.69 Å². The van der Waals surface area contributed by atoms with Gasteiger partial charge in [-0.15, -0.1) is 11.3 Å². The maximum Gasteiger partial charge on any atom is 0.304 e. The van der Waals surface area contributed by atoms with Crippen LogP contribution >= 0.6 is 11.3 Å². The fraction of sp³-hybridized carbons (Fsp3) is 0.500. The fourth-order valence-electron chi connectivity index (χ4n) is 1.35. The lowest BCUT2D eigenvalue weighted by Crippen LogP contribution is -2.24. The quantitative estimate of drug-likeness (QED) is 0.447. The zero-order valence-corrected chi connectivity index (χ0v) is 12.4. The third-order valence-corrected chi connectivity index (χ3v) is 4.64. The molecular weight excluding hydrogens is 292 g/mol. The second kappa shape index (κ2) is 5.66. The second-order valence-corrected chi connectivity index (χ2v) is 7.46. The number of carbonyl (C=O) groups is 1. The Morgan fingerprint density at radius 1 is 1.53 bits per heavy atom. The molecule has 0 aliphatic heterocycles. The highest BCUT2D eigenvalue weighted by Crippen LogP contribution is 2.37. The molecule has 0 saturated carbocycles. The molecule has 0 unspecified atom stereocenters. The molecule has 0 aromatic carbocycles. The van der Waals surface area contributed by atoms with Crippen molar-refractivity contribution in [3.63, 3.8) is 0 Å². The number of anilines is 1. The summed E-state index contributed by atoms with van der Waals surface area (Å²) in [4.78, 5) is 23.4. The summed E-state index contributed by atoms with van der Waals surface area (Å²) in [6.45, 7) is 1.47. The van der Waals surface area contributed by atoms with Crippen LogP contribution in [0.15, 0.2) is 6.07 Å². The van der Waals surface area contributed by atoms with Gasteiger partial charge in [-0.05, 0) is 6.92 Å². The van der Waals surface area contributed by atoms with Crippen molar-refractivity contribution in [2.45, 2.75) is 6.92 Å². The molecule has 0 radical (unpaired) electrons. The predicted molar refractivity (Wildman–Crippen MR) is 74.0 cm³/mol. The van der Waals surface area contributed by atoms with Crippen LogP contribution in [0.2, 0.25) is 0 Å². The van der Waals surface area contributed by atoms with Crippen molar-refractivity contribution in [1.82, 2.24) is 0 Å². The normalized spacial score (nSPS) is 11.3. The molecule has 9 heteroatoms. The van der Waals surface area contributed by atoms with Crippen LogP contribution in [0.3, 0.4) is 0 Å². The van der Waals surface area contributed by atoms with Gasteiger partial charge in [0.05, 0.1) is 15.6 Å². The minimum absolute atomic E-state index is 0.103. The SMILES string of the molecule is CC(=O)c1cc([N+](=O)[O-])c(N(C)CCS(C)(=O)=O)s1. The van der Waals surface area contributed by atoms with Crippen molar-refractivity contribution in [3.05, 3.63) is 21.1 Å². The molecule has 1 rings (SSSR count). The van der Waals surface area contributed by atoms with E-state index in [1.54, 1.807) is 7.05 Å². The van der Waals surface area contributed by atoms with Gasteiger partial charge in [0, 0.05) is 25.9 Å². The monoisotopic (exact) mass is 306 g/mol. The number of thiophene rings is 1. The summed E-state index contributed by atoms with van der Waals surface area (Å²) in [5.74, 6) is -0.357. The maximum atomic E-state index is 11.2. The lowest BCUT2D eigenvalue weighted by Gasteiger charge is -2.15. The van der Waals surface area contributed by atoms with E-state index in [1.807, 2.05) is 0 Å². The van der Waals surface area contributed by atoms with E-state index >= 15 is 0 Å². The van der Waals surface area contributed by atoms with Crippen LogP contribution in [-0.4, -0.2) is 44.7 Å². The summed E-state index contributed by atoms with van der Waals surface area (Å²) in [5.41, 5.74) is -0.175. The Balaban J connectivity index is 3.04. The number of ketones is 1. The molecule has 1 aromatic rings. The Hall–Kier alpha value is -1.48. The standard InChI is InChI=1S/C10H14N2O5S2/c1-7(13)9-6-8(12(14)15)10(18-9)11(2)4-5-19(3,16)17/h6H,4-5H2,1-3H3. The van der Waals surface area contributed by atoms with E-state index in [0.29, 0.717) is 5.00 Å². The molecule has 1 aromatic heterocycles. The summed E-state index contributed by atoms with van der Waals surface area (Å²) < 4.78 is 22.2. The number of sulfone groups is 1. The third-order valence-electron chi connectivity index (χ3n) is 2.38. The van der Waals surface area contributed by atoms with Gasteiger partial charge in [-0.1, -0.05) is 0 Å². The molecule has 0 amide bonds. The molecule has 1 heterocycles. The average Bonchev–Trinajstić information content (AvgIpc) is 2.69. The molecule has 0 aliphatic rings. The van der Waals surface area contributed by atoms with E-state index in [4.69, 9.17) is 0 Å². The van der Waals surface area contributed by atoms with Gasteiger partial charge in [0.2, 0.25) is 0 Å². The summed E-state index contributed by atoms with van der Waals surface area (Å²) in [6, 6.07) is 1.22. The molecular formula is C10H14N2O5S2. The topological polar surface area (TPSA) is 97.6 Å². The van der Waals surface area contributed by atoms with E-state index in [9.17, 15) is 23.3 Å². The van der Waals surface area contributed by atoms with Crippen molar-refractivity contribution >= 4 is 37.6 Å². The molecule has 19 heavy (non-hydrogen) atoms. The Bertz CT molecular complexity index is 605. The zero-order valence-electron chi connectivity index (χ0n) is 10.7. The molecule has 0 bridgehead atoms. The Labute approximate surface area is 114 Å². The highest BCUT2D eigenvalue weighted by Gasteiger charge is 2.24. The van der Waals surface area contributed by atoms with Crippen molar-refractivity contribution in [3.8, 4) is 0 Å². The number of rotatable bonds is 6. The number of Topliss-reactive ketones (excluding diaryl/α,β-unsaturated/α-hetero) is 1. The molecule has 106 valence electrons. The first-order valence-corrected chi connectivity index (χ1v) is 8.17. The Kier molecular flexibility index (Phi) is 4.64. The summed E-state index contributed by atoms with van der Waals surface area (Å²) >= 11 is 0.995. The summed E-state index contributed by atoms with van der Waals surface area (Å²) in [7, 11) is -1.58. The van der Waals surface area contributed by atoms with Crippen LogP contribution < -0.4 is 4.90 Å². The van der Waals surface area contributed by atoms with E-state index in [1.165, 1.54) is 17.9 Å². The molecule has 0 fully saturated rings. The molecule has 0 saturated heterocycles. The lowest BCUT2D eigenvalue weighted by atomic mass is 10.3. The molecule has 0 atom stereocenters. The van der Waals surface area contributed by atoms with Crippen molar-refractivity contribution in [2.75, 3.05) is 30.5 Å². The van der Waals surface area contributed by atoms with Crippen molar-refractivity contribution in [1.29, 1.82) is 0 Å². The minimum atomic E-state index is -3.14. The van der Waals surface area contributed by atoms with Gasteiger partial charge in [0.15, 0.2) is 10.8 Å². The largest absolute Gasteiger partial charge is 0.360 e. The second-order valence-electron chi connectivity index (χ2n) is 4.17. The van der Waals surface area contributed by atoms with E-state index in [0.717, 1.165) is 17.6 Å². The summed E-state index contributed by atoms with van der Waals surface area (Å²) in [5, 5.41) is 11.2. The van der Waals surface area contributed by atoms with Crippen LogP contribution in [0.4, 0.5) is 10.7 Å². The molecule has 0 N–H and O–H groups in total. The van der Waals surface area contributed by atoms with Crippen LogP contribution in [-0.2, 0) is 9.84 Å². The van der Waals surface area contributed by atoms with E-state index < -0.39 is 14.8 Å². The van der Waals surface area contributed by atoms with Crippen LogP contribution in [0.5, 0.6) is 0 Å². The highest BCUT2D eigenvalue weighted by atomic mass is 32.2. The van der Waals surface area contributed by atoms with Crippen molar-refractivity contribution in [2.24, 2.45) is 0 Å². The highest BCUT2D eigenvalue weighted by molar-refractivity contribution is 7.90. The zero-order chi connectivity index (χ0) is 14.8.